The lowest BCUT2D eigenvalue weighted by atomic mass is 10.1. The van der Waals surface area contributed by atoms with E-state index in [1.165, 1.54) is 0 Å². The Labute approximate surface area is 180 Å². The minimum absolute atomic E-state index is 0.100. The van der Waals surface area contributed by atoms with Crippen LogP contribution < -0.4 is 15.0 Å². The molecule has 1 N–H and O–H groups in total. The molecule has 0 spiro atoms. The van der Waals surface area contributed by atoms with E-state index in [0.717, 1.165) is 12.0 Å². The quantitative estimate of drug-likeness (QED) is 0.635. The van der Waals surface area contributed by atoms with Crippen molar-refractivity contribution in [2.24, 2.45) is 0 Å². The lowest BCUT2D eigenvalue weighted by Gasteiger charge is -2.33. The molecule has 152 valence electrons. The fourth-order valence-corrected chi connectivity index (χ4v) is 3.62. The summed E-state index contributed by atoms with van der Waals surface area (Å²) in [6.45, 7) is 2.27. The van der Waals surface area contributed by atoms with Crippen molar-refractivity contribution in [2.45, 2.75) is 19.4 Å². The van der Waals surface area contributed by atoms with Crippen LogP contribution in [-0.2, 0) is 11.2 Å². The summed E-state index contributed by atoms with van der Waals surface area (Å²) in [6, 6.07) is 22.1. The molecule has 1 atom stereocenters. The molecule has 0 aromatic heterocycles. The van der Waals surface area contributed by atoms with Gasteiger partial charge in [0.25, 0.3) is 11.8 Å². The van der Waals surface area contributed by atoms with Gasteiger partial charge in [-0.25, -0.2) is 0 Å². The number of benzene rings is 3. The molecular formula is C24H21ClN2O3. The van der Waals surface area contributed by atoms with Crippen LogP contribution in [-0.4, -0.2) is 24.5 Å². The summed E-state index contributed by atoms with van der Waals surface area (Å²) in [5.74, 6) is 0.248. The highest BCUT2D eigenvalue weighted by Gasteiger charge is 2.31. The van der Waals surface area contributed by atoms with E-state index in [1.54, 1.807) is 54.3 Å². The molecule has 30 heavy (non-hydrogen) atoms. The minimum atomic E-state index is -0.555. The van der Waals surface area contributed by atoms with Crippen LogP contribution in [0.3, 0.4) is 0 Å². The summed E-state index contributed by atoms with van der Waals surface area (Å²) in [6.07, 6.45) is 0.165. The first-order valence-electron chi connectivity index (χ1n) is 9.74. The van der Waals surface area contributed by atoms with Crippen LogP contribution in [0.5, 0.6) is 5.75 Å². The zero-order valence-corrected chi connectivity index (χ0v) is 17.2. The van der Waals surface area contributed by atoms with Crippen molar-refractivity contribution in [3.8, 4) is 5.75 Å². The molecule has 0 fully saturated rings. The average molecular weight is 421 g/mol. The molecule has 3 aromatic rings. The summed E-state index contributed by atoms with van der Waals surface area (Å²) >= 11 is 5.98. The number of rotatable bonds is 5. The van der Waals surface area contributed by atoms with Crippen LogP contribution in [0.4, 0.5) is 11.4 Å². The highest BCUT2D eigenvalue weighted by atomic mass is 35.5. The molecule has 0 radical (unpaired) electrons. The van der Waals surface area contributed by atoms with Gasteiger partial charge in [-0.05, 0) is 55.3 Å². The Morgan fingerprint density at radius 3 is 2.63 bits per heavy atom. The number of hydrogen-bond donors (Lipinski definition) is 1. The molecule has 2 amide bonds. The Morgan fingerprint density at radius 1 is 1.07 bits per heavy atom. The fraction of sp³-hybridized carbons (Fsp3) is 0.167. The van der Waals surface area contributed by atoms with Crippen molar-refractivity contribution in [3.63, 3.8) is 0 Å². The SMILES string of the molecule is CC1Oc2ccc(NC(=O)c3cccc(Cl)c3)cc2N(CCc2ccccc2)C1=O. The van der Waals surface area contributed by atoms with Crippen LogP contribution in [0.25, 0.3) is 0 Å². The number of carbonyl (C=O) groups is 2. The second-order valence-corrected chi connectivity index (χ2v) is 7.57. The van der Waals surface area contributed by atoms with Gasteiger partial charge in [0.1, 0.15) is 5.75 Å². The summed E-state index contributed by atoms with van der Waals surface area (Å²) < 4.78 is 5.77. The molecule has 4 rings (SSSR count). The molecule has 6 heteroatoms. The second kappa shape index (κ2) is 8.59. The zero-order valence-electron chi connectivity index (χ0n) is 16.5. The van der Waals surface area contributed by atoms with E-state index in [0.29, 0.717) is 34.3 Å². The lowest BCUT2D eigenvalue weighted by molar-refractivity contribution is -0.125. The number of nitrogens with zero attached hydrogens (tertiary/aromatic N) is 1. The van der Waals surface area contributed by atoms with Crippen molar-refractivity contribution in [1.82, 2.24) is 0 Å². The Morgan fingerprint density at radius 2 is 1.87 bits per heavy atom. The number of ether oxygens (including phenoxy) is 1. The van der Waals surface area contributed by atoms with Crippen molar-refractivity contribution < 1.29 is 14.3 Å². The van der Waals surface area contributed by atoms with Gasteiger partial charge in [0.15, 0.2) is 6.10 Å². The third-order valence-corrected chi connectivity index (χ3v) is 5.21. The van der Waals surface area contributed by atoms with E-state index in [9.17, 15) is 9.59 Å². The van der Waals surface area contributed by atoms with Crippen LogP contribution in [0, 0.1) is 0 Å². The molecule has 0 bridgehead atoms. The molecule has 3 aromatic carbocycles. The standard InChI is InChI=1S/C24H21ClN2O3/c1-16-24(29)27(13-12-17-6-3-2-4-7-17)21-15-20(10-11-22(21)30-16)26-23(28)18-8-5-9-19(25)14-18/h2-11,14-16H,12-13H2,1H3,(H,26,28). The Balaban J connectivity index is 1.57. The highest BCUT2D eigenvalue weighted by molar-refractivity contribution is 6.31. The molecule has 1 aliphatic heterocycles. The molecule has 1 unspecified atom stereocenters. The number of fused-ring (bicyclic) bond motifs is 1. The zero-order chi connectivity index (χ0) is 21.1. The van der Waals surface area contributed by atoms with E-state index >= 15 is 0 Å². The lowest BCUT2D eigenvalue weighted by Crippen LogP contribution is -2.45. The van der Waals surface area contributed by atoms with Gasteiger partial charge < -0.3 is 15.0 Å². The molecule has 0 saturated heterocycles. The first-order valence-corrected chi connectivity index (χ1v) is 10.1. The number of hydrogen-bond acceptors (Lipinski definition) is 3. The maximum atomic E-state index is 12.8. The largest absolute Gasteiger partial charge is 0.479 e. The van der Waals surface area contributed by atoms with Crippen molar-refractivity contribution in [3.05, 3.63) is 88.9 Å². The predicted octanol–water partition coefficient (Wildman–Crippen LogP) is 4.95. The number of anilines is 2. The Bertz CT molecular complexity index is 1080. The number of amides is 2. The average Bonchev–Trinajstić information content (AvgIpc) is 2.75. The van der Waals surface area contributed by atoms with Gasteiger partial charge in [-0.1, -0.05) is 48.0 Å². The maximum absolute atomic E-state index is 12.8. The van der Waals surface area contributed by atoms with Crippen LogP contribution in [0.2, 0.25) is 5.02 Å². The van der Waals surface area contributed by atoms with Gasteiger partial charge >= 0.3 is 0 Å². The summed E-state index contributed by atoms with van der Waals surface area (Å²) in [4.78, 5) is 27.1. The molecule has 0 aliphatic carbocycles. The number of halogens is 1. The third kappa shape index (κ3) is 4.31. The van der Waals surface area contributed by atoms with Gasteiger partial charge in [-0.15, -0.1) is 0 Å². The molecule has 5 nitrogen and oxygen atoms in total. The van der Waals surface area contributed by atoms with E-state index in [4.69, 9.17) is 16.3 Å². The van der Waals surface area contributed by atoms with Gasteiger partial charge in [-0.3, -0.25) is 9.59 Å². The molecule has 1 heterocycles. The summed E-state index contributed by atoms with van der Waals surface area (Å²) in [7, 11) is 0. The fourth-order valence-electron chi connectivity index (χ4n) is 3.43. The Hall–Kier alpha value is -3.31. The smallest absolute Gasteiger partial charge is 0.267 e. The second-order valence-electron chi connectivity index (χ2n) is 7.13. The van der Waals surface area contributed by atoms with E-state index in [1.807, 2.05) is 30.3 Å². The monoisotopic (exact) mass is 420 g/mol. The summed E-state index contributed by atoms with van der Waals surface area (Å²) in [5.41, 5.74) is 2.84. The first-order chi connectivity index (χ1) is 14.5. The van der Waals surface area contributed by atoms with Gasteiger partial charge in [-0.2, -0.15) is 0 Å². The number of carbonyl (C=O) groups excluding carboxylic acids is 2. The van der Waals surface area contributed by atoms with E-state index in [-0.39, 0.29) is 11.8 Å². The van der Waals surface area contributed by atoms with Gasteiger partial charge in [0.2, 0.25) is 0 Å². The van der Waals surface area contributed by atoms with Crippen molar-refractivity contribution >= 4 is 34.8 Å². The molecule has 1 aliphatic rings. The summed E-state index contributed by atoms with van der Waals surface area (Å²) in [5, 5.41) is 3.36. The van der Waals surface area contributed by atoms with Gasteiger partial charge in [0, 0.05) is 22.8 Å². The highest BCUT2D eigenvalue weighted by Crippen LogP contribution is 2.36. The maximum Gasteiger partial charge on any atom is 0.267 e. The van der Waals surface area contributed by atoms with Crippen LogP contribution in [0.15, 0.2) is 72.8 Å². The first kappa shape index (κ1) is 20.0. The Kier molecular flexibility index (Phi) is 5.72. The van der Waals surface area contributed by atoms with Crippen molar-refractivity contribution in [1.29, 1.82) is 0 Å². The van der Waals surface area contributed by atoms with Gasteiger partial charge in [0.05, 0.1) is 5.69 Å². The minimum Gasteiger partial charge on any atom is -0.479 e. The molecule has 0 saturated carbocycles. The number of nitrogens with one attached hydrogen (secondary N) is 1. The van der Waals surface area contributed by atoms with E-state index < -0.39 is 6.10 Å². The third-order valence-electron chi connectivity index (χ3n) is 4.98. The normalized spacial score (nSPS) is 15.3. The van der Waals surface area contributed by atoms with Crippen LogP contribution in [0.1, 0.15) is 22.8 Å². The van der Waals surface area contributed by atoms with E-state index in [2.05, 4.69) is 5.32 Å². The van der Waals surface area contributed by atoms with Crippen molar-refractivity contribution in [2.75, 3.05) is 16.8 Å². The topological polar surface area (TPSA) is 58.6 Å². The van der Waals surface area contributed by atoms with Crippen LogP contribution >= 0.6 is 11.6 Å². The molecular weight excluding hydrogens is 400 g/mol. The predicted molar refractivity (Wildman–Crippen MR) is 118 cm³/mol.